The van der Waals surface area contributed by atoms with Crippen LogP contribution in [-0.4, -0.2) is 25.3 Å². The molecule has 106 valence electrons. The van der Waals surface area contributed by atoms with Crippen molar-refractivity contribution in [1.82, 2.24) is 5.32 Å². The van der Waals surface area contributed by atoms with Gasteiger partial charge in [-0.2, -0.15) is 0 Å². The third kappa shape index (κ3) is 4.51. The molecular formula is C16H25NO2. The monoisotopic (exact) mass is 263 g/mol. The summed E-state index contributed by atoms with van der Waals surface area (Å²) in [5.74, 6) is 0.898. The van der Waals surface area contributed by atoms with Crippen molar-refractivity contribution in [2.24, 2.45) is 0 Å². The van der Waals surface area contributed by atoms with Gasteiger partial charge in [0.2, 0.25) is 0 Å². The molecule has 0 aliphatic heterocycles. The highest BCUT2D eigenvalue weighted by Gasteiger charge is 2.26. The molecule has 1 atom stereocenters. The summed E-state index contributed by atoms with van der Waals surface area (Å²) in [6.45, 7) is 7.11. The normalized spacial score (nSPS) is 17.3. The first-order valence-corrected chi connectivity index (χ1v) is 7.04. The Morgan fingerprint density at radius 1 is 1.26 bits per heavy atom. The first-order chi connectivity index (χ1) is 8.99. The molecule has 2 rings (SSSR count). The van der Waals surface area contributed by atoms with Gasteiger partial charge in [-0.1, -0.05) is 18.2 Å². The van der Waals surface area contributed by atoms with Gasteiger partial charge in [0.1, 0.15) is 5.75 Å². The van der Waals surface area contributed by atoms with Crippen LogP contribution in [0.25, 0.3) is 0 Å². The van der Waals surface area contributed by atoms with Crippen LogP contribution in [0.4, 0.5) is 0 Å². The Morgan fingerprint density at radius 2 is 1.95 bits per heavy atom. The van der Waals surface area contributed by atoms with E-state index in [1.54, 1.807) is 7.11 Å². The quantitative estimate of drug-likeness (QED) is 0.854. The Bertz CT molecular complexity index is 407. The summed E-state index contributed by atoms with van der Waals surface area (Å²) < 4.78 is 11.7. The van der Waals surface area contributed by atoms with Gasteiger partial charge in [-0.3, -0.25) is 0 Å². The molecule has 1 aliphatic carbocycles. The Labute approximate surface area is 116 Å². The number of hydrogen-bond acceptors (Lipinski definition) is 3. The molecule has 0 amide bonds. The third-order valence-corrected chi connectivity index (χ3v) is 3.15. The van der Waals surface area contributed by atoms with Crippen molar-refractivity contribution in [2.45, 2.75) is 51.4 Å². The number of methoxy groups -OCH3 is 1. The fraction of sp³-hybridized carbons (Fsp3) is 0.625. The van der Waals surface area contributed by atoms with Gasteiger partial charge < -0.3 is 14.8 Å². The zero-order valence-corrected chi connectivity index (χ0v) is 12.4. The molecule has 0 spiro atoms. The molecule has 0 bridgehead atoms. The highest BCUT2D eigenvalue weighted by atomic mass is 16.5. The van der Waals surface area contributed by atoms with Crippen molar-refractivity contribution in [3.8, 4) is 5.75 Å². The predicted molar refractivity (Wildman–Crippen MR) is 77.6 cm³/mol. The SMILES string of the molecule is COc1ccccc1C(CNC1CC1)OC(C)(C)C. The van der Waals surface area contributed by atoms with Crippen LogP contribution in [0.2, 0.25) is 0 Å². The van der Waals surface area contributed by atoms with Crippen molar-refractivity contribution in [2.75, 3.05) is 13.7 Å². The van der Waals surface area contributed by atoms with Gasteiger partial charge >= 0.3 is 0 Å². The highest BCUT2D eigenvalue weighted by molar-refractivity contribution is 5.35. The largest absolute Gasteiger partial charge is 0.496 e. The van der Waals surface area contributed by atoms with Gasteiger partial charge in [-0.05, 0) is 39.7 Å². The van der Waals surface area contributed by atoms with E-state index in [1.807, 2.05) is 18.2 Å². The third-order valence-electron chi connectivity index (χ3n) is 3.15. The summed E-state index contributed by atoms with van der Waals surface area (Å²) in [5.41, 5.74) is 0.949. The van der Waals surface area contributed by atoms with E-state index in [0.29, 0.717) is 6.04 Å². The van der Waals surface area contributed by atoms with Crippen molar-refractivity contribution in [3.63, 3.8) is 0 Å². The predicted octanol–water partition coefficient (Wildman–Crippen LogP) is 3.30. The Balaban J connectivity index is 2.13. The van der Waals surface area contributed by atoms with E-state index in [4.69, 9.17) is 9.47 Å². The number of hydrogen-bond donors (Lipinski definition) is 1. The second-order valence-electron chi connectivity index (χ2n) is 6.14. The number of benzene rings is 1. The van der Waals surface area contributed by atoms with E-state index in [1.165, 1.54) is 12.8 Å². The Kier molecular flexibility index (Phi) is 4.48. The Hall–Kier alpha value is -1.06. The lowest BCUT2D eigenvalue weighted by Gasteiger charge is -2.29. The maximum atomic E-state index is 6.20. The molecular weight excluding hydrogens is 238 g/mol. The lowest BCUT2D eigenvalue weighted by atomic mass is 10.1. The summed E-state index contributed by atoms with van der Waals surface area (Å²) in [6.07, 6.45) is 2.60. The molecule has 3 nitrogen and oxygen atoms in total. The summed E-state index contributed by atoms with van der Waals surface area (Å²) in [5, 5.41) is 3.55. The van der Waals surface area contributed by atoms with Gasteiger partial charge in [0, 0.05) is 18.2 Å². The molecule has 0 heterocycles. The van der Waals surface area contributed by atoms with Crippen LogP contribution in [0.1, 0.15) is 45.3 Å². The van der Waals surface area contributed by atoms with Gasteiger partial charge in [0.05, 0.1) is 18.8 Å². The lowest BCUT2D eigenvalue weighted by Crippen LogP contribution is -2.31. The smallest absolute Gasteiger partial charge is 0.124 e. The van der Waals surface area contributed by atoms with Crippen molar-refractivity contribution in [3.05, 3.63) is 29.8 Å². The van der Waals surface area contributed by atoms with Crippen LogP contribution in [0, 0.1) is 0 Å². The molecule has 0 radical (unpaired) electrons. The van der Waals surface area contributed by atoms with E-state index in [-0.39, 0.29) is 11.7 Å². The van der Waals surface area contributed by atoms with Crippen LogP contribution in [0.15, 0.2) is 24.3 Å². The molecule has 0 saturated heterocycles. The van der Waals surface area contributed by atoms with Crippen LogP contribution < -0.4 is 10.1 Å². The van der Waals surface area contributed by atoms with E-state index >= 15 is 0 Å². The zero-order valence-electron chi connectivity index (χ0n) is 12.4. The topological polar surface area (TPSA) is 30.5 Å². The molecule has 3 heteroatoms. The molecule has 1 saturated carbocycles. The van der Waals surface area contributed by atoms with Crippen LogP contribution in [0.5, 0.6) is 5.75 Å². The second kappa shape index (κ2) is 5.93. The summed E-state index contributed by atoms with van der Waals surface area (Å²) in [7, 11) is 1.71. The molecule has 1 fully saturated rings. The molecule has 1 aromatic carbocycles. The number of nitrogens with one attached hydrogen (secondary N) is 1. The maximum absolute atomic E-state index is 6.20. The minimum absolute atomic E-state index is 0.0248. The lowest BCUT2D eigenvalue weighted by molar-refractivity contribution is -0.0614. The fourth-order valence-corrected chi connectivity index (χ4v) is 2.14. The molecule has 1 aliphatic rings. The molecule has 19 heavy (non-hydrogen) atoms. The molecule has 1 N–H and O–H groups in total. The number of ether oxygens (including phenoxy) is 2. The van der Waals surface area contributed by atoms with E-state index in [9.17, 15) is 0 Å². The first-order valence-electron chi connectivity index (χ1n) is 7.04. The van der Waals surface area contributed by atoms with Gasteiger partial charge in [0.25, 0.3) is 0 Å². The van der Waals surface area contributed by atoms with E-state index in [0.717, 1.165) is 17.9 Å². The van der Waals surface area contributed by atoms with Crippen LogP contribution >= 0.6 is 0 Å². The molecule has 1 aromatic rings. The fourth-order valence-electron chi connectivity index (χ4n) is 2.14. The standard InChI is InChI=1S/C16H25NO2/c1-16(2,3)19-15(11-17-12-9-10-12)13-7-5-6-8-14(13)18-4/h5-8,12,15,17H,9-11H2,1-4H3. The van der Waals surface area contributed by atoms with Gasteiger partial charge in [-0.15, -0.1) is 0 Å². The summed E-state index contributed by atoms with van der Waals surface area (Å²) in [4.78, 5) is 0. The van der Waals surface area contributed by atoms with E-state index in [2.05, 4.69) is 32.2 Å². The van der Waals surface area contributed by atoms with Gasteiger partial charge in [-0.25, -0.2) is 0 Å². The molecule has 0 aromatic heterocycles. The van der Waals surface area contributed by atoms with Crippen molar-refractivity contribution in [1.29, 1.82) is 0 Å². The summed E-state index contributed by atoms with van der Waals surface area (Å²) in [6, 6.07) is 8.79. The molecule has 1 unspecified atom stereocenters. The van der Waals surface area contributed by atoms with Crippen LogP contribution in [-0.2, 0) is 4.74 Å². The minimum atomic E-state index is -0.170. The minimum Gasteiger partial charge on any atom is -0.496 e. The van der Waals surface area contributed by atoms with Crippen molar-refractivity contribution >= 4 is 0 Å². The maximum Gasteiger partial charge on any atom is 0.124 e. The Morgan fingerprint density at radius 3 is 2.53 bits per heavy atom. The first kappa shape index (κ1) is 14.4. The van der Waals surface area contributed by atoms with E-state index < -0.39 is 0 Å². The average molecular weight is 263 g/mol. The number of para-hydroxylation sites is 1. The summed E-state index contributed by atoms with van der Waals surface area (Å²) >= 11 is 0. The average Bonchev–Trinajstić information content (AvgIpc) is 3.17. The van der Waals surface area contributed by atoms with Crippen molar-refractivity contribution < 1.29 is 9.47 Å². The van der Waals surface area contributed by atoms with Crippen LogP contribution in [0.3, 0.4) is 0 Å². The number of rotatable bonds is 6. The highest BCUT2D eigenvalue weighted by Crippen LogP contribution is 2.31. The zero-order chi connectivity index (χ0) is 13.9. The second-order valence-corrected chi connectivity index (χ2v) is 6.14. The van der Waals surface area contributed by atoms with Gasteiger partial charge in [0.15, 0.2) is 0 Å².